The van der Waals surface area contributed by atoms with Gasteiger partial charge in [-0.2, -0.15) is 4.98 Å². The van der Waals surface area contributed by atoms with Crippen LogP contribution in [0.3, 0.4) is 0 Å². The summed E-state index contributed by atoms with van der Waals surface area (Å²) in [5, 5.41) is 41.8. The van der Waals surface area contributed by atoms with Gasteiger partial charge in [0.05, 0.1) is 19.5 Å². The minimum atomic E-state index is -4.70. The molecule has 260 valence electrons. The monoisotopic (exact) mass is 780 g/mol. The molecule has 0 amide bonds. The third-order valence-corrected chi connectivity index (χ3v) is 14.0. The minimum absolute atomic E-state index is 0.0719. The fourth-order valence-electron chi connectivity index (χ4n) is 4.53. The second-order valence-electron chi connectivity index (χ2n) is 9.88. The van der Waals surface area contributed by atoms with Crippen molar-refractivity contribution in [3.8, 4) is 0 Å². The van der Waals surface area contributed by atoms with Gasteiger partial charge in [-0.25, -0.2) is 28.4 Å². The summed E-state index contributed by atoms with van der Waals surface area (Å²) in [5.74, 6) is -0.0146. The van der Waals surface area contributed by atoms with Crippen molar-refractivity contribution in [3.05, 3.63) is 35.4 Å². The average molecular weight is 781 g/mol. The van der Waals surface area contributed by atoms with Gasteiger partial charge in [-0.15, -0.1) is 0 Å². The molecular formula is C19H27N8O14P3S3. The Morgan fingerprint density at radius 2 is 1.34 bits per heavy atom. The van der Waals surface area contributed by atoms with E-state index in [1.54, 1.807) is 0 Å². The molecule has 0 bridgehead atoms. The lowest BCUT2D eigenvalue weighted by molar-refractivity contribution is -0.0525. The van der Waals surface area contributed by atoms with E-state index in [1.807, 2.05) is 0 Å². The number of rotatable bonds is 12. The number of nitrogens with zero attached hydrogens (tertiary/aromatic N) is 6. The van der Waals surface area contributed by atoms with Crippen LogP contribution in [0.25, 0.3) is 11.2 Å². The predicted molar refractivity (Wildman–Crippen MR) is 168 cm³/mol. The smallest absolute Gasteiger partial charge is 0.351 e. The van der Waals surface area contributed by atoms with E-state index in [2.05, 4.69) is 19.9 Å². The van der Waals surface area contributed by atoms with Crippen molar-refractivity contribution in [2.24, 2.45) is 0 Å². The zero-order chi connectivity index (χ0) is 34.5. The lowest BCUT2D eigenvalue weighted by atomic mass is 10.1. The van der Waals surface area contributed by atoms with Crippen LogP contribution < -0.4 is 17.2 Å². The molecule has 2 aliphatic heterocycles. The topological polar surface area (TPSA) is 328 Å². The number of nitrogens with two attached hydrogens (primary N) is 2. The van der Waals surface area contributed by atoms with Crippen LogP contribution in [0.4, 0.5) is 11.6 Å². The van der Waals surface area contributed by atoms with Crippen molar-refractivity contribution in [1.29, 1.82) is 0 Å². The summed E-state index contributed by atoms with van der Waals surface area (Å²) >= 11 is 14.5. The highest BCUT2D eigenvalue weighted by Crippen LogP contribution is 2.68. The summed E-state index contributed by atoms with van der Waals surface area (Å²) in [4.78, 5) is 59.0. The number of ether oxygens (including phenoxy) is 2. The number of aliphatic hydroxyl groups is 4. The van der Waals surface area contributed by atoms with Crippen molar-refractivity contribution >= 4 is 78.4 Å². The number of fused-ring (bicyclic) bond motifs is 1. The average Bonchev–Trinajstić information content (AvgIpc) is 3.60. The van der Waals surface area contributed by atoms with Gasteiger partial charge in [0.25, 0.3) is 0 Å². The van der Waals surface area contributed by atoms with E-state index in [0.717, 1.165) is 4.57 Å². The Kier molecular flexibility index (Phi) is 10.9. The summed E-state index contributed by atoms with van der Waals surface area (Å²) in [7, 11) is 0. The van der Waals surface area contributed by atoms with E-state index in [1.165, 1.54) is 29.5 Å². The maximum absolute atomic E-state index is 12.1. The first-order valence-corrected chi connectivity index (χ1v) is 20.7. The SMILES string of the molecule is Nc1ccn([C@@H]2O[C@H](COP(O)(=S)OP(O)(=S)OP(O)(=S)OC[C@H]3O[C@@H](n4cnc5c(N)ncnc54)[C@H](O)[C@@H]3O)[C@@H](O)[C@H]2O)c(=O)n1. The molecule has 3 aromatic rings. The molecule has 22 nitrogen and oxygen atoms in total. The fourth-order valence-corrected chi connectivity index (χ4v) is 12.4. The summed E-state index contributed by atoms with van der Waals surface area (Å²) in [5.41, 5.74) is 10.8. The molecule has 2 saturated heterocycles. The van der Waals surface area contributed by atoms with Gasteiger partial charge in [0, 0.05) is 6.20 Å². The van der Waals surface area contributed by atoms with Gasteiger partial charge in [-0.3, -0.25) is 9.13 Å². The number of imidazole rings is 1. The van der Waals surface area contributed by atoms with Crippen LogP contribution >= 0.6 is 20.2 Å². The Hall–Kier alpha value is -1.54. The summed E-state index contributed by atoms with van der Waals surface area (Å²) in [6.45, 7) is -15.1. The van der Waals surface area contributed by atoms with E-state index in [-0.39, 0.29) is 22.8 Å². The van der Waals surface area contributed by atoms with Crippen LogP contribution in [0.15, 0.2) is 29.7 Å². The quantitative estimate of drug-likeness (QED) is 0.0838. The molecule has 0 radical (unpaired) electrons. The number of aliphatic hydroxyl groups excluding tert-OH is 4. The zero-order valence-electron chi connectivity index (χ0n) is 23.2. The lowest BCUT2D eigenvalue weighted by Crippen LogP contribution is -2.36. The van der Waals surface area contributed by atoms with Crippen molar-refractivity contribution in [2.75, 3.05) is 24.7 Å². The standard InChI is InChI=1S/C19H27N8O14P3S3/c20-9-1-2-26(19(32)25-9)17-13(30)11(28)7(38-17)3-36-42(33,45)40-44(35,47)41-43(34,46)37-4-8-12(29)14(31)18(39-8)27-6-24-10-15(21)22-5-23-16(10)27/h1-2,5-8,11-14,17-18,28-31H,3-4H2,(H,33,45)(H,34,46)(H,35,47)(H2,20,25,32)(H2,21,22,23)/t7-,8-,11-,12-,13-,14-,17-,18-,42?,43?,44?/m1/s1. The Balaban J connectivity index is 1.15. The van der Waals surface area contributed by atoms with Crippen molar-refractivity contribution < 1.29 is 62.2 Å². The van der Waals surface area contributed by atoms with Gasteiger partial charge in [0.15, 0.2) is 23.9 Å². The van der Waals surface area contributed by atoms with Crippen LogP contribution in [0.1, 0.15) is 12.5 Å². The van der Waals surface area contributed by atoms with Gasteiger partial charge in [-0.05, 0) is 41.5 Å². The molecule has 5 rings (SSSR count). The van der Waals surface area contributed by atoms with E-state index in [0.29, 0.717) is 0 Å². The molecule has 28 heteroatoms. The van der Waals surface area contributed by atoms with E-state index < -0.39 is 88.1 Å². The van der Waals surface area contributed by atoms with E-state index >= 15 is 0 Å². The third-order valence-electron chi connectivity index (χ3n) is 6.68. The van der Waals surface area contributed by atoms with Gasteiger partial charge < -0.3 is 65.1 Å². The summed E-state index contributed by atoms with van der Waals surface area (Å²) in [6.07, 6.45) is -8.07. The third kappa shape index (κ3) is 8.27. The van der Waals surface area contributed by atoms with E-state index in [9.17, 15) is 39.9 Å². The Morgan fingerprint density at radius 1 is 0.809 bits per heavy atom. The summed E-state index contributed by atoms with van der Waals surface area (Å²) in [6, 6.07) is 1.26. The molecule has 3 unspecified atom stereocenters. The first-order chi connectivity index (χ1) is 21.9. The van der Waals surface area contributed by atoms with Gasteiger partial charge in [-0.1, -0.05) is 0 Å². The van der Waals surface area contributed by atoms with E-state index in [4.69, 9.17) is 74.0 Å². The van der Waals surface area contributed by atoms with Gasteiger partial charge in [0.2, 0.25) is 0 Å². The highest BCUT2D eigenvalue weighted by molar-refractivity contribution is 8.17. The molecule has 2 aliphatic rings. The molecule has 3 aromatic heterocycles. The Bertz CT molecular complexity index is 1840. The molecular weight excluding hydrogens is 753 g/mol. The normalized spacial score (nSPS) is 31.8. The van der Waals surface area contributed by atoms with Crippen LogP contribution in [0, 0.1) is 0 Å². The van der Waals surface area contributed by atoms with Gasteiger partial charge >= 0.3 is 25.8 Å². The van der Waals surface area contributed by atoms with Crippen LogP contribution in [0.5, 0.6) is 0 Å². The Morgan fingerprint density at radius 3 is 1.87 bits per heavy atom. The first kappa shape index (κ1) is 36.7. The second kappa shape index (κ2) is 14.0. The molecule has 0 aliphatic carbocycles. The lowest BCUT2D eigenvalue weighted by Gasteiger charge is -2.26. The predicted octanol–water partition coefficient (Wildman–Crippen LogP) is -2.80. The number of hydrogen-bond donors (Lipinski definition) is 9. The Labute approximate surface area is 278 Å². The van der Waals surface area contributed by atoms with Crippen LogP contribution in [-0.2, 0) is 62.6 Å². The molecule has 0 spiro atoms. The van der Waals surface area contributed by atoms with Crippen molar-refractivity contribution in [2.45, 2.75) is 49.1 Å². The molecule has 2 fully saturated rings. The maximum atomic E-state index is 12.1. The highest BCUT2D eigenvalue weighted by Gasteiger charge is 2.47. The molecule has 0 saturated carbocycles. The van der Waals surface area contributed by atoms with Crippen LogP contribution in [0.2, 0.25) is 0 Å². The maximum Gasteiger partial charge on any atom is 0.351 e. The first-order valence-electron chi connectivity index (χ1n) is 12.9. The zero-order valence-corrected chi connectivity index (χ0v) is 28.4. The number of aromatic nitrogens is 6. The molecule has 0 aromatic carbocycles. The molecule has 11 atom stereocenters. The van der Waals surface area contributed by atoms with Gasteiger partial charge in [0.1, 0.15) is 54.3 Å². The molecule has 47 heavy (non-hydrogen) atoms. The highest BCUT2D eigenvalue weighted by atomic mass is 32.5. The van der Waals surface area contributed by atoms with Crippen molar-refractivity contribution in [1.82, 2.24) is 29.1 Å². The molecule has 11 N–H and O–H groups in total. The largest absolute Gasteiger partial charge is 0.387 e. The van der Waals surface area contributed by atoms with Crippen molar-refractivity contribution in [3.63, 3.8) is 0 Å². The number of hydrogen-bond acceptors (Lipinski definition) is 20. The fraction of sp³-hybridized carbons (Fsp3) is 0.526. The second-order valence-corrected chi connectivity index (χ2v) is 18.7. The van der Waals surface area contributed by atoms with Crippen LogP contribution in [-0.4, -0.2) is 114 Å². The minimum Gasteiger partial charge on any atom is -0.387 e. The number of anilines is 2. The number of nitrogen functional groups attached to an aromatic ring is 2. The summed E-state index contributed by atoms with van der Waals surface area (Å²) < 4.78 is 33.3. The molecule has 5 heterocycles.